The fourth-order valence-corrected chi connectivity index (χ4v) is 3.65. The molecule has 4 nitrogen and oxygen atoms in total. The van der Waals surface area contributed by atoms with E-state index < -0.39 is 0 Å². The Morgan fingerprint density at radius 2 is 2.00 bits per heavy atom. The van der Waals surface area contributed by atoms with Crippen molar-refractivity contribution >= 4 is 17.2 Å². The number of rotatable bonds is 4. The fourth-order valence-electron chi connectivity index (χ4n) is 2.69. The number of aromatic nitrogens is 1. The molecule has 1 aliphatic heterocycles. The molecule has 2 N–H and O–H groups in total. The van der Waals surface area contributed by atoms with Crippen molar-refractivity contribution in [1.82, 2.24) is 9.88 Å². The van der Waals surface area contributed by atoms with E-state index >= 15 is 0 Å². The van der Waals surface area contributed by atoms with E-state index in [0.29, 0.717) is 0 Å². The lowest BCUT2D eigenvalue weighted by Crippen LogP contribution is -2.38. The molecule has 0 bridgehead atoms. The monoisotopic (exact) mass is 301 g/mol. The van der Waals surface area contributed by atoms with Crippen LogP contribution in [0.1, 0.15) is 17.8 Å². The second-order valence-corrected chi connectivity index (χ2v) is 6.55. The van der Waals surface area contributed by atoms with Gasteiger partial charge < -0.3 is 5.73 Å². The summed E-state index contributed by atoms with van der Waals surface area (Å²) >= 11 is 1.74. The molecule has 1 aromatic heterocycles. The van der Waals surface area contributed by atoms with E-state index in [1.165, 1.54) is 10.4 Å². The summed E-state index contributed by atoms with van der Waals surface area (Å²) in [5, 5.41) is 1.13. The van der Waals surface area contributed by atoms with Gasteiger partial charge in [0.25, 0.3) is 0 Å². The van der Waals surface area contributed by atoms with Crippen LogP contribution in [0.3, 0.4) is 0 Å². The third-order valence-corrected chi connectivity index (χ3v) is 4.99. The van der Waals surface area contributed by atoms with Gasteiger partial charge in [-0.1, -0.05) is 30.3 Å². The van der Waals surface area contributed by atoms with Crippen molar-refractivity contribution in [3.8, 4) is 10.4 Å². The summed E-state index contributed by atoms with van der Waals surface area (Å²) in [6, 6.07) is 10.3. The van der Waals surface area contributed by atoms with Crippen LogP contribution in [0.25, 0.3) is 10.4 Å². The molecule has 1 saturated heterocycles. The number of carbonyl (C=O) groups excluding carboxylic acids is 1. The molecule has 0 unspecified atom stereocenters. The van der Waals surface area contributed by atoms with E-state index in [0.717, 1.165) is 37.5 Å². The van der Waals surface area contributed by atoms with E-state index in [1.54, 1.807) is 11.3 Å². The first-order valence-corrected chi connectivity index (χ1v) is 8.06. The number of likely N-dealkylation sites (tertiary alicyclic amines) is 1. The van der Waals surface area contributed by atoms with Gasteiger partial charge in [-0.2, -0.15) is 0 Å². The molecule has 0 atom stereocenters. The molecule has 0 spiro atoms. The third-order valence-electron chi connectivity index (χ3n) is 3.96. The number of benzene rings is 1. The molecule has 2 aromatic rings. The quantitative estimate of drug-likeness (QED) is 0.944. The van der Waals surface area contributed by atoms with Crippen LogP contribution in [-0.2, 0) is 11.3 Å². The van der Waals surface area contributed by atoms with E-state index in [2.05, 4.69) is 22.0 Å². The molecule has 0 saturated carbocycles. The summed E-state index contributed by atoms with van der Waals surface area (Å²) in [5.41, 5.74) is 6.58. The van der Waals surface area contributed by atoms with Gasteiger partial charge >= 0.3 is 0 Å². The van der Waals surface area contributed by atoms with Crippen molar-refractivity contribution in [2.45, 2.75) is 19.4 Å². The van der Waals surface area contributed by atoms with Crippen molar-refractivity contribution in [3.63, 3.8) is 0 Å². The summed E-state index contributed by atoms with van der Waals surface area (Å²) in [7, 11) is 0. The van der Waals surface area contributed by atoms with Crippen LogP contribution in [0.2, 0.25) is 0 Å². The summed E-state index contributed by atoms with van der Waals surface area (Å²) in [6.07, 6.45) is 3.68. The topological polar surface area (TPSA) is 59.2 Å². The molecule has 3 rings (SSSR count). The molecule has 21 heavy (non-hydrogen) atoms. The molecule has 1 amide bonds. The molecule has 2 heterocycles. The van der Waals surface area contributed by atoms with Crippen LogP contribution < -0.4 is 5.73 Å². The Bertz CT molecular complexity index is 603. The SMILES string of the molecule is NC(=O)C1CCN(Cc2ncc(-c3ccccc3)s2)CC1. The predicted octanol–water partition coefficient (Wildman–Crippen LogP) is 2.51. The van der Waals surface area contributed by atoms with Gasteiger partial charge in [-0.15, -0.1) is 11.3 Å². The van der Waals surface area contributed by atoms with Crippen molar-refractivity contribution in [1.29, 1.82) is 0 Å². The van der Waals surface area contributed by atoms with Gasteiger partial charge in [-0.05, 0) is 31.5 Å². The molecular formula is C16H19N3OS. The van der Waals surface area contributed by atoms with Gasteiger partial charge in [0.05, 0.1) is 11.4 Å². The van der Waals surface area contributed by atoms with E-state index in [9.17, 15) is 4.79 Å². The zero-order chi connectivity index (χ0) is 14.7. The highest BCUT2D eigenvalue weighted by Crippen LogP contribution is 2.27. The standard InChI is InChI=1S/C16H19N3OS/c17-16(20)13-6-8-19(9-7-13)11-15-18-10-14(21-15)12-4-2-1-3-5-12/h1-5,10,13H,6-9,11H2,(H2,17,20). The Labute approximate surface area is 128 Å². The van der Waals surface area contributed by atoms with Gasteiger partial charge in [-0.3, -0.25) is 9.69 Å². The van der Waals surface area contributed by atoms with Crippen molar-refractivity contribution in [2.75, 3.05) is 13.1 Å². The molecule has 1 aliphatic rings. The first-order valence-electron chi connectivity index (χ1n) is 7.24. The number of nitrogens with zero attached hydrogens (tertiary/aromatic N) is 2. The minimum atomic E-state index is -0.157. The lowest BCUT2D eigenvalue weighted by Gasteiger charge is -2.29. The average Bonchev–Trinajstić information content (AvgIpc) is 2.97. The lowest BCUT2D eigenvalue weighted by molar-refractivity contribution is -0.123. The van der Waals surface area contributed by atoms with Gasteiger partial charge in [-0.25, -0.2) is 4.98 Å². The summed E-state index contributed by atoms with van der Waals surface area (Å²) in [6.45, 7) is 2.71. The second-order valence-electron chi connectivity index (χ2n) is 5.44. The summed E-state index contributed by atoms with van der Waals surface area (Å²) in [4.78, 5) is 19.3. The number of primary amides is 1. The maximum absolute atomic E-state index is 11.2. The van der Waals surface area contributed by atoms with Gasteiger partial charge in [0.1, 0.15) is 5.01 Å². The van der Waals surface area contributed by atoms with Crippen LogP contribution in [0.4, 0.5) is 0 Å². The third kappa shape index (κ3) is 3.49. The smallest absolute Gasteiger partial charge is 0.220 e. The zero-order valence-electron chi connectivity index (χ0n) is 11.9. The van der Waals surface area contributed by atoms with E-state index in [4.69, 9.17) is 5.73 Å². The molecule has 0 radical (unpaired) electrons. The van der Waals surface area contributed by atoms with Crippen LogP contribution in [0.5, 0.6) is 0 Å². The minimum absolute atomic E-state index is 0.0532. The molecule has 0 aliphatic carbocycles. The predicted molar refractivity (Wildman–Crippen MR) is 84.7 cm³/mol. The molecule has 1 aromatic carbocycles. The van der Waals surface area contributed by atoms with Crippen LogP contribution in [0, 0.1) is 5.92 Å². The van der Waals surface area contributed by atoms with E-state index in [1.807, 2.05) is 24.4 Å². The highest BCUT2D eigenvalue weighted by atomic mass is 32.1. The maximum atomic E-state index is 11.2. The lowest BCUT2D eigenvalue weighted by atomic mass is 9.96. The Balaban J connectivity index is 1.60. The Morgan fingerprint density at radius 1 is 1.29 bits per heavy atom. The number of carbonyl (C=O) groups is 1. The van der Waals surface area contributed by atoms with Crippen LogP contribution >= 0.6 is 11.3 Å². The summed E-state index contributed by atoms with van der Waals surface area (Å²) < 4.78 is 0. The second kappa shape index (κ2) is 6.37. The van der Waals surface area contributed by atoms with Crippen LogP contribution in [-0.4, -0.2) is 28.9 Å². The molecule has 1 fully saturated rings. The van der Waals surface area contributed by atoms with E-state index in [-0.39, 0.29) is 11.8 Å². The number of hydrogen-bond donors (Lipinski definition) is 1. The fraction of sp³-hybridized carbons (Fsp3) is 0.375. The largest absolute Gasteiger partial charge is 0.369 e. The van der Waals surface area contributed by atoms with Crippen molar-refractivity contribution in [3.05, 3.63) is 41.5 Å². The number of piperidine rings is 1. The minimum Gasteiger partial charge on any atom is -0.369 e. The number of amides is 1. The molecule has 5 heteroatoms. The van der Waals surface area contributed by atoms with Crippen molar-refractivity contribution in [2.24, 2.45) is 11.7 Å². The Morgan fingerprint density at radius 3 is 2.67 bits per heavy atom. The maximum Gasteiger partial charge on any atom is 0.220 e. The summed E-state index contributed by atoms with van der Waals surface area (Å²) in [5.74, 6) is -0.104. The highest BCUT2D eigenvalue weighted by molar-refractivity contribution is 7.15. The van der Waals surface area contributed by atoms with Gasteiger partial charge in [0, 0.05) is 12.1 Å². The Kier molecular flexibility index (Phi) is 4.31. The molecule has 110 valence electrons. The van der Waals surface area contributed by atoms with Crippen molar-refractivity contribution < 1.29 is 4.79 Å². The van der Waals surface area contributed by atoms with Gasteiger partial charge in [0.2, 0.25) is 5.91 Å². The van der Waals surface area contributed by atoms with Crippen LogP contribution in [0.15, 0.2) is 36.5 Å². The number of nitrogens with two attached hydrogens (primary N) is 1. The average molecular weight is 301 g/mol. The first kappa shape index (κ1) is 14.2. The highest BCUT2D eigenvalue weighted by Gasteiger charge is 2.23. The number of hydrogen-bond acceptors (Lipinski definition) is 4. The first-order chi connectivity index (χ1) is 10.2. The Hall–Kier alpha value is -1.72. The van der Waals surface area contributed by atoms with Gasteiger partial charge in [0.15, 0.2) is 0 Å². The normalized spacial score (nSPS) is 17.0. The molecular weight excluding hydrogens is 282 g/mol. The zero-order valence-corrected chi connectivity index (χ0v) is 12.7. The number of thiazole rings is 1.